The third kappa shape index (κ3) is 12.6. The summed E-state index contributed by atoms with van der Waals surface area (Å²) in [6.45, 7) is 0. The van der Waals surface area contributed by atoms with E-state index < -0.39 is 46.9 Å². The minimum absolute atomic E-state index is 0. The Morgan fingerprint density at radius 3 is 1.82 bits per heavy atom. The van der Waals surface area contributed by atoms with E-state index in [1.54, 1.807) is 30.3 Å². The predicted molar refractivity (Wildman–Crippen MR) is 160 cm³/mol. The summed E-state index contributed by atoms with van der Waals surface area (Å²) >= 11 is 0. The molecule has 242 valence electrons. The number of aromatic hydroxyl groups is 1. The van der Waals surface area contributed by atoms with Gasteiger partial charge in [-0.2, -0.15) is 56.9 Å². The van der Waals surface area contributed by atoms with Crippen molar-refractivity contribution in [3.8, 4) is 5.75 Å². The van der Waals surface area contributed by atoms with Crippen LogP contribution in [-0.2, 0) is 31.3 Å². The number of azo groups is 2. The molecule has 18 nitrogen and oxygen atoms in total. The van der Waals surface area contributed by atoms with Crippen LogP contribution in [0.5, 0.6) is 5.75 Å². The third-order valence-electron chi connectivity index (χ3n) is 5.73. The Balaban J connectivity index is 0.00000198. The van der Waals surface area contributed by atoms with Gasteiger partial charge in [0.05, 0.1) is 16.3 Å². The average Bonchev–Trinajstić information content (AvgIpc) is 2.99. The summed E-state index contributed by atoms with van der Waals surface area (Å²) in [5, 5.41) is 39.4. The molecule has 0 aliphatic heterocycles. The number of nitro groups is 1. The number of rotatable bonds is 6. The van der Waals surface area contributed by atoms with Crippen molar-refractivity contribution in [3.05, 3.63) is 95.0 Å². The molecule has 0 heterocycles. The molecule has 0 saturated carbocycles. The smallest absolute Gasteiger partial charge is 0.745 e. The van der Waals surface area contributed by atoms with Gasteiger partial charge in [-0.25, -0.2) is 8.42 Å². The van der Waals surface area contributed by atoms with E-state index in [4.69, 9.17) is 31.0 Å². The summed E-state index contributed by atoms with van der Waals surface area (Å²) in [4.78, 5) is 9.79. The molecule has 0 aliphatic rings. The number of phenolic OH excluding ortho intramolecular Hbond substituents is 1. The molecule has 5 rings (SSSR count). The maximum absolute atomic E-state index is 11.6. The first kappa shape index (κ1) is 45.8. The van der Waals surface area contributed by atoms with Crippen LogP contribution >= 0.6 is 0 Å². The Hall–Kier alpha value is -4.24. The fourth-order valence-corrected chi connectivity index (χ4v) is 4.55. The Morgan fingerprint density at radius 1 is 0.740 bits per heavy atom. The van der Waals surface area contributed by atoms with Crippen LogP contribution in [0, 0.1) is 22.2 Å². The normalized spacial score (nSPS) is 10.4. The molecule has 0 unspecified atom stereocenters. The predicted octanol–water partition coefficient (Wildman–Crippen LogP) is -4.47. The number of hydrogen-bond donors (Lipinski definition) is 2. The number of anilines is 1. The second-order valence-electron chi connectivity index (χ2n) is 8.54. The van der Waals surface area contributed by atoms with Gasteiger partial charge in [-0.15, -0.1) is 30.6 Å². The minimum atomic E-state index is -4.82. The number of nitrogens with two attached hydrogens (primary N) is 1. The van der Waals surface area contributed by atoms with Crippen molar-refractivity contribution >= 4 is 87.0 Å². The number of nitrogens with zero attached hydrogens (tertiary/aromatic N) is 5. The number of phenols is 1. The van der Waals surface area contributed by atoms with Crippen molar-refractivity contribution in [1.82, 2.24) is 0 Å². The van der Waals surface area contributed by atoms with E-state index in [-0.39, 0.29) is 84.4 Å². The summed E-state index contributed by atoms with van der Waals surface area (Å²) in [6, 6.07) is 23.1. The molecular weight excluding hydrogens is 705 g/mol. The molecule has 5 aromatic carbocycles. The molecule has 0 aliphatic carbocycles. The first-order valence-corrected chi connectivity index (χ1v) is 15.5. The van der Waals surface area contributed by atoms with Gasteiger partial charge in [0.15, 0.2) is 0 Å². The Morgan fingerprint density at radius 2 is 1.28 bits per heavy atom. The molecule has 0 bridgehead atoms. The van der Waals surface area contributed by atoms with Crippen molar-refractivity contribution < 1.29 is 105 Å². The summed E-state index contributed by atoms with van der Waals surface area (Å²) in [6.07, 6.45) is 0. The Bertz CT molecular complexity index is 2380. The number of nitro benzene ring substituents is 1. The average molecular weight is 720 g/mol. The molecule has 0 atom stereocenters. The van der Waals surface area contributed by atoms with Crippen LogP contribution in [0.3, 0.4) is 0 Å². The topological polar surface area (TPSA) is 298 Å². The molecule has 3 N–H and O–H groups in total. The van der Waals surface area contributed by atoms with Crippen LogP contribution in [0.25, 0.3) is 21.5 Å². The molecule has 5 aromatic rings. The van der Waals surface area contributed by atoms with Crippen LogP contribution in [-0.4, -0.2) is 48.3 Å². The van der Waals surface area contributed by atoms with Crippen molar-refractivity contribution in [2.24, 2.45) is 20.5 Å². The van der Waals surface area contributed by atoms with E-state index in [1.165, 1.54) is 36.4 Å². The standard InChI is InChI=1S/C26H16N6O6S.3Li.2O3S/c27-20-10-14-24(39(36,37)38)19-9-11-23(26(33)25(19)20)31-30-22-13-12-21(17-3-1-2-4-18(17)22)29-28-15-5-7-16(8-6-15)32(34)35;;;;2*1-4(2)3/h2-10,12-14,33H,27H2,(H,36,37,38);;;;;/q-2;3*+1;;/p-1. The molecule has 0 saturated heterocycles. The Kier molecular flexibility index (Phi) is 18.7. The summed E-state index contributed by atoms with van der Waals surface area (Å²) < 4.78 is 85.5. The van der Waals surface area contributed by atoms with Gasteiger partial charge in [-0.1, -0.05) is 22.2 Å². The van der Waals surface area contributed by atoms with Crippen molar-refractivity contribution in [3.63, 3.8) is 0 Å². The monoisotopic (exact) mass is 720 g/mol. The van der Waals surface area contributed by atoms with Crippen LogP contribution in [0.2, 0.25) is 0 Å². The maximum atomic E-state index is 11.6. The van der Waals surface area contributed by atoms with Gasteiger partial charge in [-0.3, -0.25) is 10.1 Å². The zero-order chi connectivity index (χ0) is 34.9. The molecule has 0 amide bonds. The molecule has 0 fully saturated rings. The first-order chi connectivity index (χ1) is 22.1. The number of non-ortho nitro benzene ring substituents is 1. The van der Waals surface area contributed by atoms with Gasteiger partial charge >= 0.3 is 77.8 Å². The number of nitrogen functional groups attached to an aromatic ring is 1. The van der Waals surface area contributed by atoms with Gasteiger partial charge in [-0.05, 0) is 30.3 Å². The van der Waals surface area contributed by atoms with E-state index in [0.717, 1.165) is 6.07 Å². The second kappa shape index (κ2) is 20.4. The molecule has 50 heavy (non-hydrogen) atoms. The van der Waals surface area contributed by atoms with Crippen LogP contribution in [0.1, 0.15) is 0 Å². The van der Waals surface area contributed by atoms with E-state index >= 15 is 0 Å². The Labute approximate surface area is 321 Å². The van der Waals surface area contributed by atoms with E-state index in [9.17, 15) is 28.2 Å². The summed E-state index contributed by atoms with van der Waals surface area (Å²) in [7, 11) is -11.0. The zero-order valence-electron chi connectivity index (χ0n) is 25.9. The fourth-order valence-electron chi connectivity index (χ4n) is 3.88. The SMILES string of the molecule is Nc1ccc(S(=O)(=O)[O-])c2c[c-]c(N=Nc3ccc(N=Nc4ccc([N+](=O)[O-])cc4)c4c[c-]ccc34)c(O)c12.O=S(=O)=O.O=S(=O)=O.[Li+].[Li+].[Li+]. The van der Waals surface area contributed by atoms with E-state index in [2.05, 4.69) is 32.6 Å². The molecule has 0 aromatic heterocycles. The number of hydrogen-bond acceptors (Lipinski definition) is 17. The van der Waals surface area contributed by atoms with Crippen LogP contribution < -0.4 is 62.3 Å². The summed E-state index contributed by atoms with van der Waals surface area (Å²) in [5.41, 5.74) is 7.12. The van der Waals surface area contributed by atoms with E-state index in [0.29, 0.717) is 27.8 Å². The maximum Gasteiger partial charge on any atom is 1.00 e. The van der Waals surface area contributed by atoms with E-state index in [1.807, 2.05) is 0 Å². The second-order valence-corrected chi connectivity index (χ2v) is 10.7. The van der Waals surface area contributed by atoms with Gasteiger partial charge in [0.2, 0.25) is 0 Å². The van der Waals surface area contributed by atoms with Gasteiger partial charge in [0.1, 0.15) is 10.1 Å². The molecule has 0 spiro atoms. The quantitative estimate of drug-likeness (QED) is 0.0319. The minimum Gasteiger partial charge on any atom is -0.745 e. The van der Waals surface area contributed by atoms with Crippen LogP contribution in [0.4, 0.5) is 34.1 Å². The zero-order valence-corrected chi connectivity index (χ0v) is 28.4. The fraction of sp³-hybridized carbons (Fsp3) is 0. The van der Waals surface area contributed by atoms with Crippen molar-refractivity contribution in [2.75, 3.05) is 5.73 Å². The van der Waals surface area contributed by atoms with Crippen molar-refractivity contribution in [1.29, 1.82) is 0 Å². The molecular formula is C26H15Li3N6O12S3. The first-order valence-electron chi connectivity index (χ1n) is 12.1. The van der Waals surface area contributed by atoms with Gasteiger partial charge in [0, 0.05) is 39.8 Å². The largest absolute Gasteiger partial charge is 1.00 e. The van der Waals surface area contributed by atoms with Gasteiger partial charge in [0.25, 0.3) is 5.69 Å². The number of fused-ring (bicyclic) bond motifs is 2. The molecule has 0 radical (unpaired) electrons. The molecule has 24 heteroatoms. The van der Waals surface area contributed by atoms with Crippen LogP contribution in [0.15, 0.2) is 98.1 Å². The third-order valence-corrected chi connectivity index (χ3v) is 6.62. The van der Waals surface area contributed by atoms with Crippen molar-refractivity contribution in [2.45, 2.75) is 4.90 Å². The summed E-state index contributed by atoms with van der Waals surface area (Å²) in [5.74, 6) is -0.481. The van der Waals surface area contributed by atoms with Gasteiger partial charge < -0.3 is 15.4 Å². The number of benzene rings is 5.